The second-order valence-electron chi connectivity index (χ2n) is 5.07. The molecule has 0 aliphatic carbocycles. The van der Waals surface area contributed by atoms with Gasteiger partial charge in [-0.3, -0.25) is 4.99 Å². The molecule has 4 nitrogen and oxygen atoms in total. The minimum absolute atomic E-state index is 0. The molecule has 0 saturated carbocycles. The minimum Gasteiger partial charge on any atom is -0.385 e. The van der Waals surface area contributed by atoms with Crippen LogP contribution in [0, 0.1) is 0 Å². The molecule has 0 saturated heterocycles. The molecule has 1 aromatic carbocycles. The molecule has 0 aliphatic rings. The van der Waals surface area contributed by atoms with E-state index in [1.54, 1.807) is 14.2 Å². The van der Waals surface area contributed by atoms with E-state index in [9.17, 15) is 0 Å². The molecule has 0 atom stereocenters. The third-order valence-corrected chi connectivity index (χ3v) is 3.32. The van der Waals surface area contributed by atoms with Crippen LogP contribution in [0.2, 0.25) is 0 Å². The number of aliphatic imine (C=N–C) groups is 1. The van der Waals surface area contributed by atoms with Crippen LogP contribution in [0.25, 0.3) is 0 Å². The van der Waals surface area contributed by atoms with Gasteiger partial charge in [0.2, 0.25) is 0 Å². The Balaban J connectivity index is 0.00000441. The van der Waals surface area contributed by atoms with Gasteiger partial charge in [-0.25, -0.2) is 0 Å². The minimum atomic E-state index is 0. The van der Waals surface area contributed by atoms with E-state index in [1.807, 2.05) is 0 Å². The van der Waals surface area contributed by atoms with E-state index in [4.69, 9.17) is 4.74 Å². The van der Waals surface area contributed by atoms with E-state index in [-0.39, 0.29) is 24.0 Å². The number of benzene rings is 1. The summed E-state index contributed by atoms with van der Waals surface area (Å²) in [4.78, 5) is 4.20. The van der Waals surface area contributed by atoms with Crippen molar-refractivity contribution in [2.24, 2.45) is 4.99 Å². The number of ether oxygens (including phenoxy) is 1. The Morgan fingerprint density at radius 3 is 2.32 bits per heavy atom. The Labute approximate surface area is 152 Å². The predicted octanol–water partition coefficient (Wildman–Crippen LogP) is 3.22. The molecule has 0 heterocycles. The van der Waals surface area contributed by atoms with E-state index in [1.165, 1.54) is 31.2 Å². The molecule has 22 heavy (non-hydrogen) atoms. The molecule has 0 unspecified atom stereocenters. The highest BCUT2D eigenvalue weighted by atomic mass is 127. The van der Waals surface area contributed by atoms with Crippen molar-refractivity contribution in [3.8, 4) is 0 Å². The second-order valence-corrected chi connectivity index (χ2v) is 5.07. The lowest BCUT2D eigenvalue weighted by atomic mass is 10.1. The van der Waals surface area contributed by atoms with Crippen molar-refractivity contribution < 1.29 is 4.74 Å². The van der Waals surface area contributed by atoms with Gasteiger partial charge in [0.1, 0.15) is 0 Å². The van der Waals surface area contributed by atoms with Gasteiger partial charge in [-0.1, -0.05) is 36.8 Å². The molecule has 0 radical (unpaired) electrons. The Morgan fingerprint density at radius 1 is 1.00 bits per heavy atom. The second kappa shape index (κ2) is 15.1. The van der Waals surface area contributed by atoms with Gasteiger partial charge < -0.3 is 15.4 Å². The highest BCUT2D eigenvalue weighted by molar-refractivity contribution is 14.0. The summed E-state index contributed by atoms with van der Waals surface area (Å²) < 4.78 is 5.02. The fourth-order valence-corrected chi connectivity index (χ4v) is 2.13. The zero-order valence-corrected chi connectivity index (χ0v) is 16.1. The number of methoxy groups -OCH3 is 1. The molecule has 0 fully saturated rings. The normalized spacial score (nSPS) is 10.9. The first-order valence-electron chi connectivity index (χ1n) is 7.84. The lowest BCUT2D eigenvalue weighted by Gasteiger charge is -2.11. The van der Waals surface area contributed by atoms with Crippen molar-refractivity contribution in [1.29, 1.82) is 0 Å². The van der Waals surface area contributed by atoms with E-state index in [2.05, 4.69) is 46.0 Å². The highest BCUT2D eigenvalue weighted by Crippen LogP contribution is 2.05. The summed E-state index contributed by atoms with van der Waals surface area (Å²) in [6.07, 6.45) is 5.82. The number of guanidine groups is 1. The zero-order chi connectivity index (χ0) is 15.2. The lowest BCUT2D eigenvalue weighted by Crippen LogP contribution is -2.38. The van der Waals surface area contributed by atoms with Crippen LogP contribution in [0.3, 0.4) is 0 Å². The summed E-state index contributed by atoms with van der Waals surface area (Å²) in [5, 5.41) is 6.62. The number of unbranched alkanes of at least 4 members (excludes halogenated alkanes) is 2. The third kappa shape index (κ3) is 10.8. The zero-order valence-electron chi connectivity index (χ0n) is 13.8. The Morgan fingerprint density at radius 2 is 1.68 bits per heavy atom. The lowest BCUT2D eigenvalue weighted by molar-refractivity contribution is 0.195. The van der Waals surface area contributed by atoms with Crippen LogP contribution in [0.15, 0.2) is 35.3 Å². The molecule has 5 heteroatoms. The number of aryl methyl sites for hydroxylation is 1. The molecule has 0 amide bonds. The Hall–Kier alpha value is -0.820. The number of nitrogens with one attached hydrogen (secondary N) is 2. The number of halogens is 1. The van der Waals surface area contributed by atoms with Gasteiger partial charge in [-0.05, 0) is 31.2 Å². The van der Waals surface area contributed by atoms with Gasteiger partial charge in [0.15, 0.2) is 5.96 Å². The van der Waals surface area contributed by atoms with Gasteiger partial charge in [0.05, 0.1) is 0 Å². The maximum atomic E-state index is 5.02. The van der Waals surface area contributed by atoms with Gasteiger partial charge in [-0.2, -0.15) is 0 Å². The fraction of sp³-hybridized carbons (Fsp3) is 0.588. The van der Waals surface area contributed by atoms with Gasteiger partial charge in [0.25, 0.3) is 0 Å². The summed E-state index contributed by atoms with van der Waals surface area (Å²) in [7, 11) is 3.53. The number of rotatable bonds is 10. The van der Waals surface area contributed by atoms with Crippen LogP contribution in [0.1, 0.15) is 31.2 Å². The van der Waals surface area contributed by atoms with Crippen LogP contribution in [0.4, 0.5) is 0 Å². The topological polar surface area (TPSA) is 45.7 Å². The molecule has 2 N–H and O–H groups in total. The van der Waals surface area contributed by atoms with Gasteiger partial charge in [0, 0.05) is 33.9 Å². The largest absolute Gasteiger partial charge is 0.385 e. The fourth-order valence-electron chi connectivity index (χ4n) is 2.13. The van der Waals surface area contributed by atoms with Crippen molar-refractivity contribution in [1.82, 2.24) is 10.6 Å². The van der Waals surface area contributed by atoms with Crippen molar-refractivity contribution in [2.75, 3.05) is 33.9 Å². The van der Waals surface area contributed by atoms with Crippen LogP contribution in [0.5, 0.6) is 0 Å². The summed E-state index contributed by atoms with van der Waals surface area (Å²) >= 11 is 0. The molecule has 1 aromatic rings. The van der Waals surface area contributed by atoms with E-state index < -0.39 is 0 Å². The first-order chi connectivity index (χ1) is 10.4. The molecular weight excluding hydrogens is 389 g/mol. The van der Waals surface area contributed by atoms with Gasteiger partial charge >= 0.3 is 0 Å². The molecule has 126 valence electrons. The monoisotopic (exact) mass is 419 g/mol. The third-order valence-electron chi connectivity index (χ3n) is 3.32. The summed E-state index contributed by atoms with van der Waals surface area (Å²) in [5.74, 6) is 0.883. The highest BCUT2D eigenvalue weighted by Gasteiger charge is 1.97. The van der Waals surface area contributed by atoms with Crippen LogP contribution >= 0.6 is 24.0 Å². The number of hydrogen-bond donors (Lipinski definition) is 2. The summed E-state index contributed by atoms with van der Waals surface area (Å²) in [6, 6.07) is 10.7. The molecule has 1 rings (SSSR count). The van der Waals surface area contributed by atoms with Gasteiger partial charge in [-0.15, -0.1) is 24.0 Å². The molecule has 0 bridgehead atoms. The quantitative estimate of drug-likeness (QED) is 0.265. The molecule has 0 spiro atoms. The molecule has 0 aromatic heterocycles. The maximum absolute atomic E-state index is 5.02. The van der Waals surface area contributed by atoms with Crippen LogP contribution in [-0.2, 0) is 11.2 Å². The molecule has 0 aliphatic heterocycles. The van der Waals surface area contributed by atoms with Crippen LogP contribution in [-0.4, -0.2) is 39.8 Å². The van der Waals surface area contributed by atoms with E-state index in [0.717, 1.165) is 32.1 Å². The first-order valence-corrected chi connectivity index (χ1v) is 7.84. The first kappa shape index (κ1) is 21.2. The Kier molecular flexibility index (Phi) is 14.5. The smallest absolute Gasteiger partial charge is 0.190 e. The maximum Gasteiger partial charge on any atom is 0.190 e. The van der Waals surface area contributed by atoms with Crippen molar-refractivity contribution in [2.45, 2.75) is 32.1 Å². The SMILES string of the molecule is CN=C(NCCCCCc1ccccc1)NCCCOC.I. The van der Waals surface area contributed by atoms with Crippen molar-refractivity contribution in [3.05, 3.63) is 35.9 Å². The Bertz CT molecular complexity index is 385. The van der Waals surface area contributed by atoms with Crippen molar-refractivity contribution >= 4 is 29.9 Å². The summed E-state index contributed by atoms with van der Waals surface area (Å²) in [6.45, 7) is 2.64. The number of nitrogens with zero attached hydrogens (tertiary/aromatic N) is 1. The van der Waals surface area contributed by atoms with Crippen LogP contribution < -0.4 is 10.6 Å². The number of hydrogen-bond acceptors (Lipinski definition) is 2. The standard InChI is InChI=1S/C17H29N3O.HI/c1-18-17(20-14-9-15-21-2)19-13-8-4-7-12-16-10-5-3-6-11-16;/h3,5-6,10-11H,4,7-9,12-15H2,1-2H3,(H2,18,19,20);1H. The predicted molar refractivity (Wildman–Crippen MR) is 105 cm³/mol. The molecular formula is C17H30IN3O. The summed E-state index contributed by atoms with van der Waals surface area (Å²) in [5.41, 5.74) is 1.43. The van der Waals surface area contributed by atoms with Crippen molar-refractivity contribution in [3.63, 3.8) is 0 Å². The van der Waals surface area contributed by atoms with E-state index in [0.29, 0.717) is 0 Å². The average Bonchev–Trinajstić information content (AvgIpc) is 2.53. The average molecular weight is 419 g/mol. The van der Waals surface area contributed by atoms with E-state index >= 15 is 0 Å².